The van der Waals surface area contributed by atoms with Gasteiger partial charge in [-0.3, -0.25) is 0 Å². The Hall–Kier alpha value is -7.10. The van der Waals surface area contributed by atoms with Crippen LogP contribution in [-0.4, -0.2) is 11.7 Å². The molecule has 4 aliphatic rings. The third-order valence-corrected chi connectivity index (χ3v) is 14.8. The van der Waals surface area contributed by atoms with Gasteiger partial charge in [-0.15, -0.1) is 0 Å². The van der Waals surface area contributed by atoms with Gasteiger partial charge in [-0.25, -0.2) is 9.98 Å². The molecule has 1 unspecified atom stereocenters. The van der Waals surface area contributed by atoms with Gasteiger partial charge < -0.3 is 5.32 Å². The lowest BCUT2D eigenvalue weighted by molar-refractivity contribution is 0.660. The molecule has 8 aromatic carbocycles. The van der Waals surface area contributed by atoms with Gasteiger partial charge >= 0.3 is 0 Å². The first-order valence-electron chi connectivity index (χ1n) is 22.4. The second-order valence-corrected chi connectivity index (χ2v) is 19.4. The number of rotatable bonds is 5. The monoisotopic (exact) mass is 811 g/mol. The second-order valence-electron chi connectivity index (χ2n) is 19.4. The van der Waals surface area contributed by atoms with Crippen molar-refractivity contribution in [3.05, 3.63) is 226 Å². The zero-order chi connectivity index (χ0) is 42.8. The average molecular weight is 812 g/mol. The van der Waals surface area contributed by atoms with Crippen molar-refractivity contribution in [3.63, 3.8) is 0 Å². The van der Waals surface area contributed by atoms with Gasteiger partial charge in [0.25, 0.3) is 0 Å². The van der Waals surface area contributed by atoms with Crippen LogP contribution in [0.15, 0.2) is 186 Å². The highest BCUT2D eigenvalue weighted by Crippen LogP contribution is 2.54. The van der Waals surface area contributed by atoms with Crippen molar-refractivity contribution in [2.45, 2.75) is 64.0 Å². The summed E-state index contributed by atoms with van der Waals surface area (Å²) in [7, 11) is 0. The summed E-state index contributed by atoms with van der Waals surface area (Å²) in [5, 5.41) is 3.80. The normalized spacial score (nSPS) is 17.6. The van der Waals surface area contributed by atoms with E-state index in [0.717, 1.165) is 28.4 Å². The van der Waals surface area contributed by atoms with Gasteiger partial charge in [-0.1, -0.05) is 217 Å². The Balaban J connectivity index is 0.957. The molecule has 0 saturated carbocycles. The van der Waals surface area contributed by atoms with Crippen molar-refractivity contribution in [2.75, 3.05) is 0 Å². The van der Waals surface area contributed by atoms with Crippen LogP contribution in [-0.2, 0) is 16.2 Å². The zero-order valence-corrected chi connectivity index (χ0v) is 36.7. The van der Waals surface area contributed by atoms with Crippen molar-refractivity contribution < 1.29 is 0 Å². The molecule has 3 heteroatoms. The third kappa shape index (κ3) is 5.45. The molecule has 1 atom stereocenters. The molecule has 1 aliphatic heterocycles. The maximum Gasteiger partial charge on any atom is 0.160 e. The van der Waals surface area contributed by atoms with Crippen LogP contribution in [0.2, 0.25) is 0 Å². The molecule has 0 radical (unpaired) electrons. The van der Waals surface area contributed by atoms with E-state index in [9.17, 15) is 0 Å². The maximum absolute atomic E-state index is 5.46. The van der Waals surface area contributed by atoms with E-state index < -0.39 is 0 Å². The standard InChI is InChI=1S/C60H49N3/c1-58(2)46-22-10-7-16-42(46)52-40(19-13-25-49(52)58)36-28-32-38(33-29-36)55-61-56(63-57(62-55)45-21-15-27-51-54(45)44-18-9-12-24-48(44)60(51,5)6)39-34-30-37(31-35-39)41-20-14-26-50-53(41)43-17-8-11-23-47(43)59(50,3)4/h7-35,55H,1-6H3,(H,61,62,63). The van der Waals surface area contributed by atoms with E-state index in [1.54, 1.807) is 0 Å². The Kier molecular flexibility index (Phi) is 8.04. The Morgan fingerprint density at radius 2 is 0.698 bits per heavy atom. The molecule has 0 amide bonds. The Labute approximate surface area is 371 Å². The van der Waals surface area contributed by atoms with E-state index in [2.05, 4.69) is 223 Å². The number of aliphatic imine (C=N–C) groups is 2. The fourth-order valence-electron chi connectivity index (χ4n) is 11.5. The van der Waals surface area contributed by atoms with Crippen LogP contribution >= 0.6 is 0 Å². The van der Waals surface area contributed by atoms with Crippen LogP contribution in [0, 0.1) is 0 Å². The summed E-state index contributed by atoms with van der Waals surface area (Å²) in [6.45, 7) is 14.0. The summed E-state index contributed by atoms with van der Waals surface area (Å²) in [6.07, 6.45) is -0.348. The fraction of sp³-hybridized carbons (Fsp3) is 0.167. The molecular weight excluding hydrogens is 763 g/mol. The van der Waals surface area contributed by atoms with Gasteiger partial charge in [-0.05, 0) is 94.6 Å². The van der Waals surface area contributed by atoms with E-state index in [1.165, 1.54) is 89.0 Å². The van der Waals surface area contributed by atoms with Crippen LogP contribution in [0.1, 0.15) is 97.8 Å². The molecule has 304 valence electrons. The van der Waals surface area contributed by atoms with Crippen molar-refractivity contribution in [1.82, 2.24) is 5.32 Å². The smallest absolute Gasteiger partial charge is 0.160 e. The molecule has 0 spiro atoms. The molecule has 0 bridgehead atoms. The van der Waals surface area contributed by atoms with Crippen molar-refractivity contribution in [1.29, 1.82) is 0 Å². The van der Waals surface area contributed by atoms with Crippen molar-refractivity contribution in [2.24, 2.45) is 9.98 Å². The number of benzene rings is 8. The van der Waals surface area contributed by atoms with Gasteiger partial charge in [0.2, 0.25) is 0 Å². The van der Waals surface area contributed by atoms with Crippen molar-refractivity contribution >= 4 is 11.7 Å². The number of nitrogens with one attached hydrogen (secondary N) is 1. The molecule has 3 aliphatic carbocycles. The SMILES string of the molecule is CC1(C)c2ccccc2-c2c(C3=NC(c4ccc(-c5cccc6c5-c5ccccc5C6(C)C)cc4)NC(c4ccc(-c5cccc6c5-c5ccccc5C6(C)C)cc4)=N3)cccc21. The number of nitrogens with zero attached hydrogens (tertiary/aromatic N) is 2. The van der Waals surface area contributed by atoms with Gasteiger partial charge in [0.1, 0.15) is 12.0 Å². The summed E-state index contributed by atoms with van der Waals surface area (Å²) < 4.78 is 0. The molecule has 8 aromatic rings. The highest BCUT2D eigenvalue weighted by molar-refractivity contribution is 6.16. The number of hydrogen-bond acceptors (Lipinski definition) is 3. The first-order valence-corrected chi connectivity index (χ1v) is 22.4. The Morgan fingerprint density at radius 1 is 0.349 bits per heavy atom. The van der Waals surface area contributed by atoms with Crippen LogP contribution in [0.3, 0.4) is 0 Å². The first kappa shape index (κ1) is 37.6. The van der Waals surface area contributed by atoms with Crippen molar-refractivity contribution in [3.8, 4) is 55.6 Å². The molecule has 0 aromatic heterocycles. The Morgan fingerprint density at radius 3 is 1.16 bits per heavy atom. The van der Waals surface area contributed by atoms with E-state index in [1.807, 2.05) is 0 Å². The van der Waals surface area contributed by atoms with Gasteiger partial charge in [0.15, 0.2) is 5.84 Å². The molecule has 1 heterocycles. The lowest BCUT2D eigenvalue weighted by atomic mass is 9.82. The summed E-state index contributed by atoms with van der Waals surface area (Å²) >= 11 is 0. The Bertz CT molecular complexity index is 3270. The fourth-order valence-corrected chi connectivity index (χ4v) is 11.5. The lowest BCUT2D eigenvalue weighted by Crippen LogP contribution is -2.33. The molecule has 3 nitrogen and oxygen atoms in total. The predicted octanol–water partition coefficient (Wildman–Crippen LogP) is 14.4. The molecule has 63 heavy (non-hydrogen) atoms. The molecule has 12 rings (SSSR count). The van der Waals surface area contributed by atoms with E-state index >= 15 is 0 Å². The van der Waals surface area contributed by atoms with Crippen LogP contribution in [0.4, 0.5) is 0 Å². The maximum atomic E-state index is 5.46. The van der Waals surface area contributed by atoms with E-state index in [-0.39, 0.29) is 22.4 Å². The summed E-state index contributed by atoms with van der Waals surface area (Å²) in [6, 6.07) is 64.8. The summed E-state index contributed by atoms with van der Waals surface area (Å²) in [4.78, 5) is 10.9. The minimum absolute atomic E-state index is 0.0518. The quantitative estimate of drug-likeness (QED) is 0.185. The molecular formula is C60H49N3. The number of amidine groups is 2. The number of hydrogen-bond donors (Lipinski definition) is 1. The van der Waals surface area contributed by atoms with Crippen LogP contribution in [0.25, 0.3) is 55.6 Å². The summed E-state index contributed by atoms with van der Waals surface area (Å²) in [5.41, 5.74) is 23.9. The average Bonchev–Trinajstić information content (AvgIpc) is 3.82. The zero-order valence-electron chi connectivity index (χ0n) is 36.7. The summed E-state index contributed by atoms with van der Waals surface area (Å²) in [5.74, 6) is 1.55. The first-order chi connectivity index (χ1) is 30.5. The van der Waals surface area contributed by atoms with Crippen LogP contribution in [0.5, 0.6) is 0 Å². The molecule has 1 N–H and O–H groups in total. The lowest BCUT2D eigenvalue weighted by Gasteiger charge is -2.25. The van der Waals surface area contributed by atoms with Gasteiger partial charge in [0.05, 0.1) is 0 Å². The highest BCUT2D eigenvalue weighted by atomic mass is 15.2. The number of fused-ring (bicyclic) bond motifs is 9. The third-order valence-electron chi connectivity index (χ3n) is 14.8. The topological polar surface area (TPSA) is 36.8 Å². The van der Waals surface area contributed by atoms with Crippen LogP contribution < -0.4 is 5.32 Å². The van der Waals surface area contributed by atoms with E-state index in [4.69, 9.17) is 9.98 Å². The highest BCUT2D eigenvalue weighted by Gasteiger charge is 2.39. The minimum Gasteiger partial charge on any atom is -0.344 e. The largest absolute Gasteiger partial charge is 0.344 e. The molecule has 0 fully saturated rings. The minimum atomic E-state index is -0.348. The van der Waals surface area contributed by atoms with Gasteiger partial charge in [0, 0.05) is 27.4 Å². The second kappa shape index (κ2) is 13.4. The molecule has 0 saturated heterocycles. The van der Waals surface area contributed by atoms with E-state index in [0.29, 0.717) is 0 Å². The predicted molar refractivity (Wildman–Crippen MR) is 262 cm³/mol. The van der Waals surface area contributed by atoms with Gasteiger partial charge in [-0.2, -0.15) is 0 Å².